The van der Waals surface area contributed by atoms with Gasteiger partial charge < -0.3 is 10.5 Å². The molecule has 1 aromatic rings. The van der Waals surface area contributed by atoms with E-state index in [1.165, 1.54) is 0 Å². The number of thiocarbonyl (C=S) groups is 1. The van der Waals surface area contributed by atoms with Gasteiger partial charge in [-0.3, -0.25) is 0 Å². The van der Waals surface area contributed by atoms with Gasteiger partial charge in [0.15, 0.2) is 0 Å². The van der Waals surface area contributed by atoms with Gasteiger partial charge in [0, 0.05) is 6.54 Å². The predicted octanol–water partition coefficient (Wildman–Crippen LogP) is 1.82. The molecule has 0 amide bonds. The fourth-order valence-electron chi connectivity index (χ4n) is 0.617. The largest absolute Gasteiger partial charge is 0.481 e. The Labute approximate surface area is 87.1 Å². The smallest absolute Gasteiger partial charge is 0.201 e. The van der Waals surface area contributed by atoms with Crippen LogP contribution < -0.4 is 5.73 Å². The van der Waals surface area contributed by atoms with Gasteiger partial charge in [0.25, 0.3) is 0 Å². The number of thiophene rings is 1. The number of halogens is 1. The fourth-order valence-corrected chi connectivity index (χ4v) is 1.53. The minimum atomic E-state index is 0. The standard InChI is InChI=1S/C7H9NOS2.ClH/c8-3-4-9-7(10)6-2-1-5-11-6;/h1-2,5H,3-4,8H2;1H. The minimum absolute atomic E-state index is 0. The van der Waals surface area contributed by atoms with Crippen LogP contribution in [0.3, 0.4) is 0 Å². The molecular formula is C7H10ClNOS2. The molecule has 1 heterocycles. The highest BCUT2D eigenvalue weighted by atomic mass is 35.5. The SMILES string of the molecule is Cl.NCCOC(=S)c1cccs1. The summed E-state index contributed by atoms with van der Waals surface area (Å²) in [4.78, 5) is 0.994. The first kappa shape index (κ1) is 11.8. The monoisotopic (exact) mass is 223 g/mol. The van der Waals surface area contributed by atoms with Crippen molar-refractivity contribution in [3.63, 3.8) is 0 Å². The maximum atomic E-state index is 5.25. The summed E-state index contributed by atoms with van der Waals surface area (Å²) in [5.74, 6) is 0. The van der Waals surface area contributed by atoms with Crippen molar-refractivity contribution in [2.75, 3.05) is 13.2 Å². The molecule has 0 aliphatic rings. The van der Waals surface area contributed by atoms with Crippen LogP contribution in [-0.2, 0) is 4.74 Å². The van der Waals surface area contributed by atoms with Gasteiger partial charge >= 0.3 is 0 Å². The molecule has 0 bridgehead atoms. The van der Waals surface area contributed by atoms with Crippen LogP contribution >= 0.6 is 36.0 Å². The van der Waals surface area contributed by atoms with Crippen molar-refractivity contribution in [3.8, 4) is 0 Å². The number of hydrogen-bond acceptors (Lipinski definition) is 4. The Kier molecular flexibility index (Phi) is 6.28. The van der Waals surface area contributed by atoms with Crippen molar-refractivity contribution < 1.29 is 4.74 Å². The van der Waals surface area contributed by atoms with Crippen LogP contribution in [0.1, 0.15) is 4.88 Å². The molecule has 12 heavy (non-hydrogen) atoms. The van der Waals surface area contributed by atoms with Crippen LogP contribution in [0.4, 0.5) is 0 Å². The Morgan fingerprint density at radius 2 is 2.42 bits per heavy atom. The molecule has 0 spiro atoms. The molecular weight excluding hydrogens is 214 g/mol. The number of hydrogen-bond donors (Lipinski definition) is 1. The summed E-state index contributed by atoms with van der Waals surface area (Å²) in [6.45, 7) is 1.00. The van der Waals surface area contributed by atoms with Crippen molar-refractivity contribution in [2.45, 2.75) is 0 Å². The lowest BCUT2D eigenvalue weighted by Gasteiger charge is -2.01. The van der Waals surface area contributed by atoms with E-state index < -0.39 is 0 Å². The molecule has 2 N–H and O–H groups in total. The normalized spacial score (nSPS) is 8.75. The van der Waals surface area contributed by atoms with Gasteiger partial charge in [0.05, 0.1) is 4.88 Å². The summed E-state index contributed by atoms with van der Waals surface area (Å²) in [6.07, 6.45) is 0. The van der Waals surface area contributed by atoms with Gasteiger partial charge in [-0.1, -0.05) is 6.07 Å². The molecule has 0 saturated carbocycles. The highest BCUT2D eigenvalue weighted by molar-refractivity contribution is 7.80. The molecule has 0 aliphatic carbocycles. The second-order valence-corrected chi connectivity index (χ2v) is 3.22. The molecule has 0 aromatic carbocycles. The summed E-state index contributed by atoms with van der Waals surface area (Å²) in [5.41, 5.74) is 5.25. The third-order valence-electron chi connectivity index (χ3n) is 1.07. The number of rotatable bonds is 3. The Balaban J connectivity index is 0.00000121. The van der Waals surface area contributed by atoms with Crippen LogP contribution in [0.2, 0.25) is 0 Å². The van der Waals surface area contributed by atoms with Gasteiger partial charge in [-0.05, 0) is 23.7 Å². The summed E-state index contributed by atoms with van der Waals surface area (Å²) >= 11 is 6.55. The first-order chi connectivity index (χ1) is 5.34. The van der Waals surface area contributed by atoms with Crippen molar-refractivity contribution in [1.82, 2.24) is 0 Å². The van der Waals surface area contributed by atoms with E-state index in [1.807, 2.05) is 17.5 Å². The van der Waals surface area contributed by atoms with E-state index in [-0.39, 0.29) is 12.4 Å². The Hall–Kier alpha value is -0.160. The quantitative estimate of drug-likeness (QED) is 0.795. The van der Waals surface area contributed by atoms with Crippen LogP contribution in [0.5, 0.6) is 0 Å². The first-order valence-corrected chi connectivity index (χ1v) is 4.54. The van der Waals surface area contributed by atoms with Gasteiger partial charge in [0.2, 0.25) is 5.05 Å². The maximum absolute atomic E-state index is 5.25. The summed E-state index contributed by atoms with van der Waals surface area (Å²) in [6, 6.07) is 3.88. The third-order valence-corrected chi connectivity index (χ3v) is 2.41. The van der Waals surface area contributed by atoms with E-state index in [9.17, 15) is 0 Å². The average molecular weight is 224 g/mol. The van der Waals surface area contributed by atoms with Crippen LogP contribution in [0.25, 0.3) is 0 Å². The Morgan fingerprint density at radius 3 is 2.92 bits per heavy atom. The van der Waals surface area contributed by atoms with Gasteiger partial charge in [0.1, 0.15) is 6.61 Å². The van der Waals surface area contributed by atoms with Gasteiger partial charge in [-0.2, -0.15) is 0 Å². The molecule has 0 unspecified atom stereocenters. The van der Waals surface area contributed by atoms with E-state index in [0.717, 1.165) is 4.88 Å². The molecule has 0 aliphatic heterocycles. The molecule has 68 valence electrons. The van der Waals surface area contributed by atoms with Crippen molar-refractivity contribution >= 4 is 41.0 Å². The molecule has 1 rings (SSSR count). The van der Waals surface area contributed by atoms with Crippen LogP contribution in [0, 0.1) is 0 Å². The molecule has 1 aromatic heterocycles. The summed E-state index contributed by atoms with van der Waals surface area (Å²) in [5, 5.41) is 2.51. The van der Waals surface area contributed by atoms with E-state index in [2.05, 4.69) is 0 Å². The minimum Gasteiger partial charge on any atom is -0.481 e. The van der Waals surface area contributed by atoms with Crippen molar-refractivity contribution in [2.24, 2.45) is 5.73 Å². The second kappa shape index (κ2) is 6.37. The van der Waals surface area contributed by atoms with Crippen molar-refractivity contribution in [1.29, 1.82) is 0 Å². The molecule has 0 saturated heterocycles. The summed E-state index contributed by atoms with van der Waals surface area (Å²) < 4.78 is 5.15. The van der Waals surface area contributed by atoms with Gasteiger partial charge in [-0.15, -0.1) is 23.7 Å². The van der Waals surface area contributed by atoms with Crippen LogP contribution in [0.15, 0.2) is 17.5 Å². The predicted molar refractivity (Wildman–Crippen MR) is 58.3 cm³/mol. The van der Waals surface area contributed by atoms with E-state index in [4.69, 9.17) is 22.7 Å². The number of ether oxygens (including phenoxy) is 1. The van der Waals surface area contributed by atoms with E-state index in [1.54, 1.807) is 11.3 Å². The highest BCUT2D eigenvalue weighted by Gasteiger charge is 2.00. The molecule has 0 atom stereocenters. The summed E-state index contributed by atoms with van der Waals surface area (Å²) in [7, 11) is 0. The molecule has 0 fully saturated rings. The number of nitrogens with two attached hydrogens (primary N) is 1. The second-order valence-electron chi connectivity index (χ2n) is 1.90. The lowest BCUT2D eigenvalue weighted by atomic mass is 10.5. The zero-order valence-electron chi connectivity index (χ0n) is 6.36. The van der Waals surface area contributed by atoms with E-state index in [0.29, 0.717) is 18.2 Å². The molecule has 0 radical (unpaired) electrons. The zero-order chi connectivity index (χ0) is 8.10. The fraction of sp³-hybridized carbons (Fsp3) is 0.286. The zero-order valence-corrected chi connectivity index (χ0v) is 8.81. The average Bonchev–Trinajstić information content (AvgIpc) is 2.52. The van der Waals surface area contributed by atoms with Crippen molar-refractivity contribution in [3.05, 3.63) is 22.4 Å². The third kappa shape index (κ3) is 3.49. The Bertz CT molecular complexity index is 225. The van der Waals surface area contributed by atoms with Crippen LogP contribution in [-0.4, -0.2) is 18.2 Å². The Morgan fingerprint density at radius 1 is 1.67 bits per heavy atom. The topological polar surface area (TPSA) is 35.2 Å². The maximum Gasteiger partial charge on any atom is 0.201 e. The lowest BCUT2D eigenvalue weighted by Crippen LogP contribution is -2.11. The molecule has 5 heteroatoms. The van der Waals surface area contributed by atoms with E-state index >= 15 is 0 Å². The highest BCUT2D eigenvalue weighted by Crippen LogP contribution is 2.10. The molecule has 2 nitrogen and oxygen atoms in total. The first-order valence-electron chi connectivity index (χ1n) is 3.25. The van der Waals surface area contributed by atoms with Gasteiger partial charge in [-0.25, -0.2) is 0 Å². The lowest BCUT2D eigenvalue weighted by molar-refractivity contribution is 0.326.